The lowest BCUT2D eigenvalue weighted by Crippen LogP contribution is -2.27. The number of cyclic esters (lactones) is 1. The molecule has 1 fully saturated rings. The molecule has 0 aliphatic carbocycles. The molecule has 0 radical (unpaired) electrons. The quantitative estimate of drug-likeness (QED) is 0.584. The van der Waals surface area contributed by atoms with Gasteiger partial charge in [0.2, 0.25) is 0 Å². The average molecular weight is 141 g/mol. The third kappa shape index (κ3) is 1.29. The monoisotopic (exact) mass is 141 g/mol. The molecule has 0 aromatic heterocycles. The third-order valence-corrected chi connectivity index (χ3v) is 1.56. The van der Waals surface area contributed by atoms with Gasteiger partial charge >= 0.3 is 6.09 Å². The Kier molecular flexibility index (Phi) is 1.94. The number of rotatable bonds is 2. The molecule has 1 amide bonds. The Morgan fingerprint density at radius 3 is 3.00 bits per heavy atom. The minimum atomic E-state index is -0.320. The van der Waals surface area contributed by atoms with E-state index in [0.29, 0.717) is 0 Å². The highest BCUT2D eigenvalue weighted by Crippen LogP contribution is 2.11. The zero-order valence-corrected chi connectivity index (χ0v) is 5.96. The summed E-state index contributed by atoms with van der Waals surface area (Å²) >= 11 is 0. The van der Waals surface area contributed by atoms with E-state index >= 15 is 0 Å². The molecule has 1 aliphatic heterocycles. The predicted molar refractivity (Wildman–Crippen MR) is 37.7 cm³/mol. The van der Waals surface area contributed by atoms with Crippen molar-refractivity contribution in [2.24, 2.45) is 0 Å². The first-order chi connectivity index (χ1) is 4.74. The van der Waals surface area contributed by atoms with E-state index in [2.05, 4.69) is 11.9 Å². The molecule has 10 heavy (non-hydrogen) atoms. The minimum Gasteiger partial charge on any atom is -0.444 e. The number of hydrogen-bond donors (Lipinski definition) is 1. The SMILES string of the molecule is C=CCC1OC(=O)N[C@H]1C. The summed E-state index contributed by atoms with van der Waals surface area (Å²) in [6.45, 7) is 5.48. The van der Waals surface area contributed by atoms with Crippen LogP contribution in [0.1, 0.15) is 13.3 Å². The summed E-state index contributed by atoms with van der Waals surface area (Å²) in [7, 11) is 0. The predicted octanol–water partition coefficient (Wildman–Crippen LogP) is 1.06. The fourth-order valence-electron chi connectivity index (χ4n) is 0.969. The first-order valence-electron chi connectivity index (χ1n) is 3.32. The second kappa shape index (κ2) is 2.73. The Hall–Kier alpha value is -0.990. The molecule has 56 valence electrons. The van der Waals surface area contributed by atoms with Gasteiger partial charge in [0.25, 0.3) is 0 Å². The van der Waals surface area contributed by atoms with Crippen LogP contribution in [-0.2, 0) is 4.74 Å². The molecular formula is C7H11NO2. The Morgan fingerprint density at radius 1 is 1.90 bits per heavy atom. The minimum absolute atomic E-state index is 0.0231. The number of carbonyl (C=O) groups is 1. The van der Waals surface area contributed by atoms with Crippen LogP contribution in [-0.4, -0.2) is 18.2 Å². The molecule has 2 atom stereocenters. The maximum absolute atomic E-state index is 10.6. The van der Waals surface area contributed by atoms with E-state index in [1.165, 1.54) is 0 Å². The summed E-state index contributed by atoms with van der Waals surface area (Å²) in [5.74, 6) is 0. The van der Waals surface area contributed by atoms with Gasteiger partial charge in [-0.3, -0.25) is 0 Å². The lowest BCUT2D eigenvalue weighted by atomic mass is 10.1. The van der Waals surface area contributed by atoms with Crippen molar-refractivity contribution in [1.82, 2.24) is 5.32 Å². The Bertz CT molecular complexity index is 156. The summed E-state index contributed by atoms with van der Waals surface area (Å²) in [4.78, 5) is 10.6. The van der Waals surface area contributed by atoms with Crippen molar-refractivity contribution in [3.63, 3.8) is 0 Å². The summed E-state index contributed by atoms with van der Waals surface area (Å²) in [5.41, 5.74) is 0. The fourth-order valence-corrected chi connectivity index (χ4v) is 0.969. The standard InChI is InChI=1S/C7H11NO2/c1-3-4-6-5(2)8-7(9)10-6/h3,5-6H,1,4H2,2H3,(H,8,9)/t5-,6?/m0/s1. The number of alkyl carbamates (subject to hydrolysis) is 1. The van der Waals surface area contributed by atoms with Gasteiger partial charge in [-0.2, -0.15) is 0 Å². The van der Waals surface area contributed by atoms with Gasteiger partial charge in [-0.1, -0.05) is 6.08 Å². The summed E-state index contributed by atoms with van der Waals surface area (Å²) in [6, 6.07) is 0.116. The lowest BCUT2D eigenvalue weighted by molar-refractivity contribution is 0.134. The van der Waals surface area contributed by atoms with E-state index in [0.717, 1.165) is 6.42 Å². The maximum Gasteiger partial charge on any atom is 0.407 e. The van der Waals surface area contributed by atoms with Gasteiger partial charge < -0.3 is 10.1 Å². The number of nitrogens with one attached hydrogen (secondary N) is 1. The smallest absolute Gasteiger partial charge is 0.407 e. The van der Waals surface area contributed by atoms with E-state index in [9.17, 15) is 4.79 Å². The molecule has 1 heterocycles. The molecular weight excluding hydrogens is 130 g/mol. The normalized spacial score (nSPS) is 31.1. The maximum atomic E-state index is 10.6. The second-order valence-electron chi connectivity index (χ2n) is 2.40. The molecule has 1 aliphatic rings. The number of ether oxygens (including phenoxy) is 1. The topological polar surface area (TPSA) is 38.3 Å². The number of amides is 1. The van der Waals surface area contributed by atoms with Crippen LogP contribution in [0.2, 0.25) is 0 Å². The molecule has 3 heteroatoms. The van der Waals surface area contributed by atoms with Gasteiger partial charge in [0.15, 0.2) is 0 Å². The largest absolute Gasteiger partial charge is 0.444 e. The summed E-state index contributed by atoms with van der Waals surface area (Å²) in [5, 5.41) is 2.64. The Labute approximate surface area is 60.1 Å². The third-order valence-electron chi connectivity index (χ3n) is 1.56. The second-order valence-corrected chi connectivity index (χ2v) is 2.40. The van der Waals surface area contributed by atoms with Gasteiger partial charge in [0.1, 0.15) is 6.10 Å². The van der Waals surface area contributed by atoms with Crippen molar-refractivity contribution >= 4 is 6.09 Å². The first kappa shape index (κ1) is 7.12. The van der Waals surface area contributed by atoms with Crippen LogP contribution in [0.3, 0.4) is 0 Å². The van der Waals surface area contributed by atoms with Crippen LogP contribution in [0.15, 0.2) is 12.7 Å². The molecule has 0 aromatic carbocycles. The highest BCUT2D eigenvalue weighted by atomic mass is 16.6. The van der Waals surface area contributed by atoms with Gasteiger partial charge in [-0.15, -0.1) is 6.58 Å². The van der Waals surface area contributed by atoms with Crippen molar-refractivity contribution in [1.29, 1.82) is 0 Å². The van der Waals surface area contributed by atoms with Crippen LogP contribution < -0.4 is 5.32 Å². The van der Waals surface area contributed by atoms with Gasteiger partial charge in [-0.25, -0.2) is 4.79 Å². The van der Waals surface area contributed by atoms with Crippen molar-refractivity contribution in [3.8, 4) is 0 Å². The lowest BCUT2D eigenvalue weighted by Gasteiger charge is -2.08. The van der Waals surface area contributed by atoms with Gasteiger partial charge in [0.05, 0.1) is 6.04 Å². The molecule has 0 bridgehead atoms. The van der Waals surface area contributed by atoms with Crippen LogP contribution in [0.5, 0.6) is 0 Å². The fraction of sp³-hybridized carbons (Fsp3) is 0.571. The zero-order chi connectivity index (χ0) is 7.56. The first-order valence-corrected chi connectivity index (χ1v) is 3.32. The van der Waals surface area contributed by atoms with Crippen molar-refractivity contribution in [3.05, 3.63) is 12.7 Å². The van der Waals surface area contributed by atoms with E-state index in [1.807, 2.05) is 6.92 Å². The molecule has 0 spiro atoms. The molecule has 1 rings (SSSR count). The molecule has 0 aromatic rings. The van der Waals surface area contributed by atoms with Gasteiger partial charge in [-0.05, 0) is 6.92 Å². The van der Waals surface area contributed by atoms with Crippen molar-refractivity contribution in [2.75, 3.05) is 0 Å². The van der Waals surface area contributed by atoms with E-state index in [4.69, 9.17) is 4.74 Å². The van der Waals surface area contributed by atoms with Crippen molar-refractivity contribution in [2.45, 2.75) is 25.5 Å². The van der Waals surface area contributed by atoms with Crippen LogP contribution >= 0.6 is 0 Å². The van der Waals surface area contributed by atoms with E-state index < -0.39 is 0 Å². The van der Waals surface area contributed by atoms with Crippen LogP contribution in [0.4, 0.5) is 4.79 Å². The molecule has 1 N–H and O–H groups in total. The van der Waals surface area contributed by atoms with Crippen LogP contribution in [0, 0.1) is 0 Å². The van der Waals surface area contributed by atoms with Crippen molar-refractivity contribution < 1.29 is 9.53 Å². The summed E-state index contributed by atoms with van der Waals surface area (Å²) in [6.07, 6.45) is 2.13. The molecule has 3 nitrogen and oxygen atoms in total. The Morgan fingerprint density at radius 2 is 2.60 bits per heavy atom. The highest BCUT2D eigenvalue weighted by molar-refractivity contribution is 5.70. The van der Waals surface area contributed by atoms with Gasteiger partial charge in [0, 0.05) is 6.42 Å². The number of hydrogen-bond acceptors (Lipinski definition) is 2. The molecule has 1 unspecified atom stereocenters. The number of carbonyl (C=O) groups excluding carboxylic acids is 1. The molecule has 1 saturated heterocycles. The van der Waals surface area contributed by atoms with E-state index in [-0.39, 0.29) is 18.2 Å². The molecule has 0 saturated carbocycles. The average Bonchev–Trinajstić information content (AvgIpc) is 2.13. The highest BCUT2D eigenvalue weighted by Gasteiger charge is 2.28. The Balaban J connectivity index is 2.45. The zero-order valence-electron chi connectivity index (χ0n) is 5.96. The van der Waals surface area contributed by atoms with E-state index in [1.54, 1.807) is 6.08 Å². The summed E-state index contributed by atoms with van der Waals surface area (Å²) < 4.78 is 4.89. The van der Waals surface area contributed by atoms with Crippen LogP contribution in [0.25, 0.3) is 0 Å².